The van der Waals surface area contributed by atoms with Crippen LogP contribution < -0.4 is 0 Å². The van der Waals surface area contributed by atoms with Gasteiger partial charge < -0.3 is 25.2 Å². The monoisotopic (exact) mass is 362 g/mol. The van der Waals surface area contributed by atoms with E-state index in [1.165, 1.54) is 38.5 Å². The van der Waals surface area contributed by atoms with E-state index in [0.29, 0.717) is 6.42 Å². The molecule has 3 atom stereocenters. The Morgan fingerprint density at radius 3 is 1.92 bits per heavy atom. The molecule has 0 amide bonds. The van der Waals surface area contributed by atoms with Crippen molar-refractivity contribution in [1.82, 2.24) is 0 Å². The Kier molecular flexibility index (Phi) is 14.6. The van der Waals surface area contributed by atoms with Crippen LogP contribution in [0.5, 0.6) is 0 Å². The molecular weight excluding hydrogens is 328 g/mol. The van der Waals surface area contributed by atoms with Crippen molar-refractivity contribution in [1.29, 1.82) is 0 Å². The minimum atomic E-state index is -1.91. The van der Waals surface area contributed by atoms with Crippen LogP contribution in [0.1, 0.15) is 71.1 Å². The van der Waals surface area contributed by atoms with Crippen LogP contribution in [-0.4, -0.2) is 63.7 Å². The smallest absolute Gasteiger partial charge is 0.305 e. The van der Waals surface area contributed by atoms with Gasteiger partial charge in [-0.1, -0.05) is 58.3 Å². The molecule has 4 N–H and O–H groups in total. The molecule has 0 aromatic carbocycles. The van der Waals surface area contributed by atoms with Gasteiger partial charge in [-0.2, -0.15) is 0 Å². The zero-order valence-corrected chi connectivity index (χ0v) is 15.2. The van der Waals surface area contributed by atoms with Crippen molar-refractivity contribution in [3.05, 3.63) is 0 Å². The number of carbonyl (C=O) groups excluding carboxylic acids is 2. The lowest BCUT2D eigenvalue weighted by Crippen LogP contribution is -2.45. The molecule has 0 saturated heterocycles. The molecule has 0 spiro atoms. The summed E-state index contributed by atoms with van der Waals surface area (Å²) in [5.74, 6) is -1.50. The van der Waals surface area contributed by atoms with E-state index in [1.807, 2.05) is 0 Å². The second-order valence-corrected chi connectivity index (χ2v) is 6.39. The van der Waals surface area contributed by atoms with E-state index < -0.39 is 43.3 Å². The van der Waals surface area contributed by atoms with Gasteiger partial charge in [0.05, 0.1) is 0 Å². The number of aliphatic hydroxyl groups is 4. The molecule has 0 bridgehead atoms. The topological polar surface area (TPSA) is 124 Å². The van der Waals surface area contributed by atoms with Crippen molar-refractivity contribution >= 4 is 11.8 Å². The molecule has 0 radical (unpaired) electrons. The van der Waals surface area contributed by atoms with Gasteiger partial charge in [0.2, 0.25) is 0 Å². The van der Waals surface area contributed by atoms with Crippen LogP contribution in [0.15, 0.2) is 0 Å². The van der Waals surface area contributed by atoms with E-state index in [0.717, 1.165) is 12.8 Å². The number of aliphatic hydroxyl groups excluding tert-OH is 4. The Morgan fingerprint density at radius 1 is 0.880 bits per heavy atom. The molecule has 25 heavy (non-hydrogen) atoms. The zero-order chi connectivity index (χ0) is 19.1. The predicted octanol–water partition coefficient (Wildman–Crippen LogP) is 1.09. The van der Waals surface area contributed by atoms with Crippen LogP contribution in [0.2, 0.25) is 0 Å². The average Bonchev–Trinajstić information content (AvgIpc) is 2.62. The lowest BCUT2D eigenvalue weighted by molar-refractivity contribution is -0.154. The molecule has 0 rings (SSSR count). The van der Waals surface area contributed by atoms with E-state index in [1.54, 1.807) is 0 Å². The van der Waals surface area contributed by atoms with Gasteiger partial charge in [0, 0.05) is 6.42 Å². The second-order valence-electron chi connectivity index (χ2n) is 6.39. The van der Waals surface area contributed by atoms with E-state index in [4.69, 9.17) is 9.84 Å². The number of rotatable bonds is 16. The predicted molar refractivity (Wildman–Crippen MR) is 92.9 cm³/mol. The fraction of sp³-hybridized carbons (Fsp3) is 0.889. The maximum atomic E-state index is 11.6. The van der Waals surface area contributed by atoms with Gasteiger partial charge in [-0.3, -0.25) is 9.59 Å². The lowest BCUT2D eigenvalue weighted by atomic mass is 10.1. The Morgan fingerprint density at radius 2 is 1.40 bits per heavy atom. The highest BCUT2D eigenvalue weighted by Gasteiger charge is 2.30. The van der Waals surface area contributed by atoms with Crippen molar-refractivity contribution in [3.63, 3.8) is 0 Å². The van der Waals surface area contributed by atoms with Crippen molar-refractivity contribution < 1.29 is 34.8 Å². The first-order valence-corrected chi connectivity index (χ1v) is 9.27. The van der Waals surface area contributed by atoms with E-state index >= 15 is 0 Å². The van der Waals surface area contributed by atoms with Crippen LogP contribution in [0.4, 0.5) is 0 Å². The summed E-state index contributed by atoms with van der Waals surface area (Å²) in [5, 5.41) is 37.1. The molecule has 0 aliphatic carbocycles. The summed E-state index contributed by atoms with van der Waals surface area (Å²) < 4.78 is 4.83. The van der Waals surface area contributed by atoms with Gasteiger partial charge in [0.15, 0.2) is 5.78 Å². The first-order chi connectivity index (χ1) is 11.9. The molecule has 148 valence electrons. The Bertz CT molecular complexity index is 359. The summed E-state index contributed by atoms with van der Waals surface area (Å²) in [6.45, 7) is 0.742. The van der Waals surface area contributed by atoms with Crippen LogP contribution in [-0.2, 0) is 14.3 Å². The summed E-state index contributed by atoms with van der Waals surface area (Å²) >= 11 is 0. The first kappa shape index (κ1) is 24.0. The standard InChI is InChI=1S/C18H34O7/c1-2-3-4-5-6-7-8-9-10-11-16(22)25-13-15(21)18(24)17(23)14(20)12-19/h15,17-19,21,23-24H,2-13H2,1H3/t15-,17-,18-/m1/s1. The third kappa shape index (κ3) is 12.0. The third-order valence-electron chi connectivity index (χ3n) is 4.10. The van der Waals surface area contributed by atoms with Crippen molar-refractivity contribution in [2.75, 3.05) is 13.2 Å². The maximum absolute atomic E-state index is 11.6. The maximum Gasteiger partial charge on any atom is 0.305 e. The number of ether oxygens (including phenoxy) is 1. The highest BCUT2D eigenvalue weighted by atomic mass is 16.5. The molecule has 7 heteroatoms. The van der Waals surface area contributed by atoms with Gasteiger partial charge in [-0.15, -0.1) is 0 Å². The minimum absolute atomic E-state index is 0.233. The summed E-state index contributed by atoms with van der Waals surface area (Å²) in [7, 11) is 0. The summed E-state index contributed by atoms with van der Waals surface area (Å²) in [5.41, 5.74) is 0. The first-order valence-electron chi connectivity index (χ1n) is 9.27. The van der Waals surface area contributed by atoms with E-state index in [2.05, 4.69) is 6.92 Å². The Hall–Kier alpha value is -1.02. The summed E-state index contributed by atoms with van der Waals surface area (Å²) in [4.78, 5) is 22.6. The van der Waals surface area contributed by atoms with Gasteiger partial charge in [-0.25, -0.2) is 0 Å². The van der Waals surface area contributed by atoms with Crippen LogP contribution in [0, 0.1) is 0 Å². The zero-order valence-electron chi connectivity index (χ0n) is 15.2. The molecule has 0 aliphatic heterocycles. The average molecular weight is 362 g/mol. The third-order valence-corrected chi connectivity index (χ3v) is 4.10. The Labute approximate surface area is 150 Å². The molecule has 7 nitrogen and oxygen atoms in total. The largest absolute Gasteiger partial charge is 0.463 e. The number of esters is 1. The van der Waals surface area contributed by atoms with Crippen molar-refractivity contribution in [3.8, 4) is 0 Å². The molecule has 0 fully saturated rings. The molecule has 0 aromatic rings. The molecule has 0 aliphatic rings. The van der Waals surface area contributed by atoms with Gasteiger partial charge in [0.1, 0.15) is 31.5 Å². The number of ketones is 1. The summed E-state index contributed by atoms with van der Waals surface area (Å²) in [6.07, 6.45) is 5.14. The fourth-order valence-electron chi connectivity index (χ4n) is 2.42. The van der Waals surface area contributed by atoms with Gasteiger partial charge in [0.25, 0.3) is 0 Å². The van der Waals surface area contributed by atoms with Crippen molar-refractivity contribution in [2.24, 2.45) is 0 Å². The Balaban J connectivity index is 3.68. The fourth-order valence-corrected chi connectivity index (χ4v) is 2.42. The quantitative estimate of drug-likeness (QED) is 0.239. The normalized spacial score (nSPS) is 14.8. The number of Topliss-reactive ketones (excluding diaryl/α,β-unsaturated/α-hetero) is 1. The number of hydrogen-bond donors (Lipinski definition) is 4. The van der Waals surface area contributed by atoms with Crippen molar-refractivity contribution in [2.45, 2.75) is 89.4 Å². The van der Waals surface area contributed by atoms with Crippen LogP contribution in [0.25, 0.3) is 0 Å². The molecule has 0 aromatic heterocycles. The number of unbranched alkanes of at least 4 members (excludes halogenated alkanes) is 8. The molecule has 0 unspecified atom stereocenters. The molecule has 0 heterocycles. The van der Waals surface area contributed by atoms with E-state index in [9.17, 15) is 24.9 Å². The van der Waals surface area contributed by atoms with Gasteiger partial charge in [-0.05, 0) is 6.42 Å². The van der Waals surface area contributed by atoms with Crippen LogP contribution >= 0.6 is 0 Å². The van der Waals surface area contributed by atoms with Crippen LogP contribution in [0.3, 0.4) is 0 Å². The summed E-state index contributed by atoms with van der Waals surface area (Å²) in [6, 6.07) is 0. The number of hydrogen-bond acceptors (Lipinski definition) is 7. The highest BCUT2D eigenvalue weighted by Crippen LogP contribution is 2.11. The molecular formula is C18H34O7. The lowest BCUT2D eigenvalue weighted by Gasteiger charge is -2.21. The highest BCUT2D eigenvalue weighted by molar-refractivity contribution is 5.84. The van der Waals surface area contributed by atoms with Gasteiger partial charge >= 0.3 is 5.97 Å². The SMILES string of the molecule is CCCCCCCCCCCC(=O)OC[C@@H](O)[C@@H](O)[C@H](O)C(=O)CO. The second kappa shape index (κ2) is 15.3. The molecule has 0 saturated carbocycles. The van der Waals surface area contributed by atoms with E-state index in [-0.39, 0.29) is 6.42 Å². The minimum Gasteiger partial charge on any atom is -0.463 e. The number of carbonyl (C=O) groups is 2.